The SMILES string of the molecule is CCOC(C(C)C)C(O)Cc1ccncc1. The van der Waals surface area contributed by atoms with Crippen LogP contribution in [0.1, 0.15) is 26.3 Å². The number of pyridine rings is 1. The van der Waals surface area contributed by atoms with Crippen LogP contribution in [0.15, 0.2) is 24.5 Å². The Morgan fingerprint density at radius 1 is 1.31 bits per heavy atom. The monoisotopic (exact) mass is 223 g/mol. The molecule has 0 fully saturated rings. The van der Waals surface area contributed by atoms with Crippen LogP contribution in [0.5, 0.6) is 0 Å². The Balaban J connectivity index is 2.58. The quantitative estimate of drug-likeness (QED) is 0.802. The molecule has 0 spiro atoms. The van der Waals surface area contributed by atoms with Crippen LogP contribution in [0.3, 0.4) is 0 Å². The van der Waals surface area contributed by atoms with Gasteiger partial charge in [0, 0.05) is 25.4 Å². The van der Waals surface area contributed by atoms with Crippen molar-refractivity contribution in [3.8, 4) is 0 Å². The highest BCUT2D eigenvalue weighted by Gasteiger charge is 2.22. The van der Waals surface area contributed by atoms with Gasteiger partial charge in [-0.05, 0) is 30.5 Å². The largest absolute Gasteiger partial charge is 0.390 e. The molecule has 0 aliphatic rings. The second kappa shape index (κ2) is 6.61. The van der Waals surface area contributed by atoms with Gasteiger partial charge in [0.1, 0.15) is 0 Å². The van der Waals surface area contributed by atoms with E-state index in [0.29, 0.717) is 18.9 Å². The third kappa shape index (κ3) is 3.91. The fourth-order valence-electron chi connectivity index (χ4n) is 1.82. The van der Waals surface area contributed by atoms with Gasteiger partial charge in [-0.15, -0.1) is 0 Å². The lowest BCUT2D eigenvalue weighted by Crippen LogP contribution is -2.35. The molecule has 1 rings (SSSR count). The van der Waals surface area contributed by atoms with Gasteiger partial charge < -0.3 is 9.84 Å². The molecule has 90 valence electrons. The molecule has 0 bridgehead atoms. The van der Waals surface area contributed by atoms with Gasteiger partial charge in [0.2, 0.25) is 0 Å². The van der Waals surface area contributed by atoms with E-state index in [1.54, 1.807) is 12.4 Å². The van der Waals surface area contributed by atoms with Crippen molar-refractivity contribution in [3.05, 3.63) is 30.1 Å². The summed E-state index contributed by atoms with van der Waals surface area (Å²) in [5.74, 6) is 0.316. The van der Waals surface area contributed by atoms with Crippen LogP contribution in [-0.2, 0) is 11.2 Å². The number of nitrogens with zero attached hydrogens (tertiary/aromatic N) is 1. The molecule has 0 aromatic carbocycles. The average Bonchev–Trinajstić information content (AvgIpc) is 2.26. The fourth-order valence-corrected chi connectivity index (χ4v) is 1.82. The van der Waals surface area contributed by atoms with Gasteiger partial charge in [-0.2, -0.15) is 0 Å². The molecule has 0 saturated heterocycles. The third-order valence-corrected chi connectivity index (χ3v) is 2.59. The number of aliphatic hydroxyl groups excluding tert-OH is 1. The Hall–Kier alpha value is -0.930. The molecule has 0 amide bonds. The predicted molar refractivity (Wildman–Crippen MR) is 64.2 cm³/mol. The van der Waals surface area contributed by atoms with E-state index in [1.807, 2.05) is 19.1 Å². The highest BCUT2D eigenvalue weighted by Crippen LogP contribution is 2.15. The van der Waals surface area contributed by atoms with Crippen molar-refractivity contribution in [3.63, 3.8) is 0 Å². The van der Waals surface area contributed by atoms with Crippen LogP contribution < -0.4 is 0 Å². The van der Waals surface area contributed by atoms with Crippen LogP contribution in [0.25, 0.3) is 0 Å². The lowest BCUT2D eigenvalue weighted by atomic mass is 9.96. The van der Waals surface area contributed by atoms with Crippen LogP contribution in [0, 0.1) is 5.92 Å². The molecule has 0 aliphatic carbocycles. The molecule has 1 heterocycles. The number of ether oxygens (including phenoxy) is 1. The summed E-state index contributed by atoms with van der Waals surface area (Å²) in [5.41, 5.74) is 1.09. The highest BCUT2D eigenvalue weighted by atomic mass is 16.5. The summed E-state index contributed by atoms with van der Waals surface area (Å²) in [6.45, 7) is 6.72. The maximum atomic E-state index is 10.1. The Morgan fingerprint density at radius 2 is 1.94 bits per heavy atom. The first kappa shape index (κ1) is 13.1. The van der Waals surface area contributed by atoms with E-state index in [4.69, 9.17) is 4.74 Å². The lowest BCUT2D eigenvalue weighted by molar-refractivity contribution is -0.0562. The van der Waals surface area contributed by atoms with Crippen molar-refractivity contribution < 1.29 is 9.84 Å². The van der Waals surface area contributed by atoms with E-state index in [-0.39, 0.29) is 6.10 Å². The van der Waals surface area contributed by atoms with Crippen LogP contribution in [-0.4, -0.2) is 28.9 Å². The lowest BCUT2D eigenvalue weighted by Gasteiger charge is -2.26. The normalized spacial score (nSPS) is 15.1. The average molecular weight is 223 g/mol. The maximum absolute atomic E-state index is 10.1. The highest BCUT2D eigenvalue weighted by molar-refractivity contribution is 5.11. The molecule has 0 radical (unpaired) electrons. The standard InChI is InChI=1S/C13H21NO2/c1-4-16-13(10(2)3)12(15)9-11-5-7-14-8-6-11/h5-8,10,12-13,15H,4,9H2,1-3H3. The van der Waals surface area contributed by atoms with Crippen molar-refractivity contribution in [2.45, 2.75) is 39.4 Å². The topological polar surface area (TPSA) is 42.4 Å². The first-order valence-electron chi connectivity index (χ1n) is 5.83. The van der Waals surface area contributed by atoms with Crippen molar-refractivity contribution >= 4 is 0 Å². The molecule has 0 aliphatic heterocycles. The summed E-state index contributed by atoms with van der Waals surface area (Å²) < 4.78 is 5.57. The van der Waals surface area contributed by atoms with E-state index >= 15 is 0 Å². The van der Waals surface area contributed by atoms with Gasteiger partial charge >= 0.3 is 0 Å². The summed E-state index contributed by atoms with van der Waals surface area (Å²) in [4.78, 5) is 3.96. The third-order valence-electron chi connectivity index (χ3n) is 2.59. The van der Waals surface area contributed by atoms with Gasteiger partial charge in [-0.1, -0.05) is 13.8 Å². The Kier molecular flexibility index (Phi) is 5.43. The van der Waals surface area contributed by atoms with Crippen LogP contribution >= 0.6 is 0 Å². The molecular formula is C13H21NO2. The second-order valence-electron chi connectivity index (χ2n) is 4.29. The number of rotatable bonds is 6. The minimum absolute atomic E-state index is 0.0989. The summed E-state index contributed by atoms with van der Waals surface area (Å²) in [7, 11) is 0. The van der Waals surface area contributed by atoms with Crippen LogP contribution in [0.2, 0.25) is 0 Å². The van der Waals surface area contributed by atoms with Crippen molar-refractivity contribution in [1.29, 1.82) is 0 Å². The number of aliphatic hydroxyl groups is 1. The zero-order valence-corrected chi connectivity index (χ0v) is 10.3. The van der Waals surface area contributed by atoms with Gasteiger partial charge in [0.25, 0.3) is 0 Å². The Bertz CT molecular complexity index is 287. The molecule has 2 unspecified atom stereocenters. The van der Waals surface area contributed by atoms with Gasteiger partial charge in [-0.25, -0.2) is 0 Å². The molecule has 3 heteroatoms. The molecule has 3 nitrogen and oxygen atoms in total. The van der Waals surface area contributed by atoms with E-state index in [1.165, 1.54) is 0 Å². The van der Waals surface area contributed by atoms with E-state index in [2.05, 4.69) is 18.8 Å². The van der Waals surface area contributed by atoms with Gasteiger partial charge in [0.15, 0.2) is 0 Å². The van der Waals surface area contributed by atoms with E-state index in [0.717, 1.165) is 5.56 Å². The maximum Gasteiger partial charge on any atom is 0.0859 e. The fraction of sp³-hybridized carbons (Fsp3) is 0.615. The molecule has 1 aromatic heterocycles. The first-order chi connectivity index (χ1) is 7.65. The van der Waals surface area contributed by atoms with Crippen molar-refractivity contribution in [2.75, 3.05) is 6.61 Å². The summed E-state index contributed by atoms with van der Waals surface area (Å²) in [6.07, 6.45) is 3.55. The molecule has 16 heavy (non-hydrogen) atoms. The minimum Gasteiger partial charge on any atom is -0.390 e. The number of hydrogen-bond acceptors (Lipinski definition) is 3. The van der Waals surface area contributed by atoms with Crippen molar-refractivity contribution in [1.82, 2.24) is 4.98 Å². The van der Waals surface area contributed by atoms with E-state index < -0.39 is 6.10 Å². The molecule has 1 N–H and O–H groups in total. The van der Waals surface area contributed by atoms with Crippen LogP contribution in [0.4, 0.5) is 0 Å². The van der Waals surface area contributed by atoms with Gasteiger partial charge in [0.05, 0.1) is 12.2 Å². The Labute approximate surface area is 97.5 Å². The molecule has 1 aromatic rings. The summed E-state index contributed by atoms with van der Waals surface area (Å²) in [6, 6.07) is 3.85. The summed E-state index contributed by atoms with van der Waals surface area (Å²) in [5, 5.41) is 10.1. The van der Waals surface area contributed by atoms with Crippen molar-refractivity contribution in [2.24, 2.45) is 5.92 Å². The number of hydrogen-bond donors (Lipinski definition) is 1. The first-order valence-corrected chi connectivity index (χ1v) is 5.83. The minimum atomic E-state index is -0.456. The number of aromatic nitrogens is 1. The zero-order chi connectivity index (χ0) is 12.0. The molecular weight excluding hydrogens is 202 g/mol. The smallest absolute Gasteiger partial charge is 0.0859 e. The van der Waals surface area contributed by atoms with E-state index in [9.17, 15) is 5.11 Å². The second-order valence-corrected chi connectivity index (χ2v) is 4.29. The summed E-state index contributed by atoms with van der Waals surface area (Å²) >= 11 is 0. The van der Waals surface area contributed by atoms with Gasteiger partial charge in [-0.3, -0.25) is 4.98 Å². The Morgan fingerprint density at radius 3 is 2.44 bits per heavy atom. The predicted octanol–water partition coefficient (Wildman–Crippen LogP) is 2.05. The molecule has 0 saturated carbocycles. The zero-order valence-electron chi connectivity index (χ0n) is 10.3. The molecule has 2 atom stereocenters.